The van der Waals surface area contributed by atoms with Crippen molar-refractivity contribution in [3.05, 3.63) is 81.6 Å². The molecule has 5 rings (SSSR count). The Morgan fingerprint density at radius 3 is 2.42 bits per heavy atom. The number of nitrogens with zero attached hydrogens (tertiary/aromatic N) is 3. The lowest BCUT2D eigenvalue weighted by Gasteiger charge is -2.39. The molecular weight excluding hydrogens is 638 g/mol. The van der Waals surface area contributed by atoms with Crippen molar-refractivity contribution in [2.45, 2.75) is 38.8 Å². The number of ether oxygens (including phenoxy) is 1. The minimum absolute atomic E-state index is 0. The van der Waals surface area contributed by atoms with E-state index in [0.29, 0.717) is 60.7 Å². The Labute approximate surface area is 281 Å². The highest BCUT2D eigenvalue weighted by atomic mass is 35.5. The standard InChI is InChI=1S/C34H41Cl2FN4O3.ClH/c1-2-44-31-8-4-6-29(37)28(31)22-40-17-19-41(20-18-40)34(43)33(38)23-11-14-39(15-12-23)16-13-24-21-25(35)9-10-26(24)27-5-3-7-30(42)32(27)36;/h3-10,21,23,33,42H,2,11-20,22,38H2,1H3;1H. The van der Waals surface area contributed by atoms with Gasteiger partial charge in [-0.2, -0.15) is 0 Å². The second-order valence-corrected chi connectivity index (χ2v) is 12.5. The molecule has 0 bridgehead atoms. The van der Waals surface area contributed by atoms with Gasteiger partial charge < -0.3 is 25.4 Å². The van der Waals surface area contributed by atoms with Gasteiger partial charge in [-0.05, 0) is 86.7 Å². The van der Waals surface area contributed by atoms with Crippen LogP contribution >= 0.6 is 35.6 Å². The maximum absolute atomic E-state index is 14.5. The molecule has 0 radical (unpaired) electrons. The Hall–Kier alpha value is -2.59. The molecule has 7 nitrogen and oxygen atoms in total. The van der Waals surface area contributed by atoms with E-state index in [-0.39, 0.29) is 35.8 Å². The summed E-state index contributed by atoms with van der Waals surface area (Å²) in [5.74, 6) is 0.510. The van der Waals surface area contributed by atoms with Gasteiger partial charge >= 0.3 is 0 Å². The first-order chi connectivity index (χ1) is 21.2. The number of hydrogen-bond donors (Lipinski definition) is 2. The zero-order valence-electron chi connectivity index (χ0n) is 25.6. The van der Waals surface area contributed by atoms with Crippen LogP contribution in [0, 0.1) is 11.7 Å². The van der Waals surface area contributed by atoms with E-state index >= 15 is 0 Å². The molecule has 0 saturated carbocycles. The van der Waals surface area contributed by atoms with Crippen molar-refractivity contribution >= 4 is 41.5 Å². The first-order valence-electron chi connectivity index (χ1n) is 15.4. The van der Waals surface area contributed by atoms with E-state index in [2.05, 4.69) is 9.80 Å². The topological polar surface area (TPSA) is 82.3 Å². The maximum Gasteiger partial charge on any atom is 0.239 e. The Morgan fingerprint density at radius 1 is 1.00 bits per heavy atom. The van der Waals surface area contributed by atoms with Gasteiger partial charge in [-0.15, -0.1) is 12.4 Å². The molecule has 2 aliphatic rings. The summed E-state index contributed by atoms with van der Waals surface area (Å²) in [5, 5.41) is 11.1. The minimum atomic E-state index is -0.521. The highest BCUT2D eigenvalue weighted by molar-refractivity contribution is 6.35. The van der Waals surface area contributed by atoms with Crippen LogP contribution in [0.4, 0.5) is 4.39 Å². The lowest BCUT2D eigenvalue weighted by Crippen LogP contribution is -2.55. The number of amides is 1. The fourth-order valence-corrected chi connectivity index (χ4v) is 6.74. The molecule has 0 aromatic heterocycles. The number of likely N-dealkylation sites (tertiary alicyclic amines) is 1. The summed E-state index contributed by atoms with van der Waals surface area (Å²) in [6, 6.07) is 15.4. The van der Waals surface area contributed by atoms with Crippen molar-refractivity contribution in [2.75, 3.05) is 52.4 Å². The molecule has 2 heterocycles. The van der Waals surface area contributed by atoms with E-state index < -0.39 is 6.04 Å². The largest absolute Gasteiger partial charge is 0.506 e. The van der Waals surface area contributed by atoms with Gasteiger partial charge in [-0.1, -0.05) is 47.5 Å². The number of piperidine rings is 1. The summed E-state index contributed by atoms with van der Waals surface area (Å²) in [6.45, 7) is 7.88. The molecule has 244 valence electrons. The van der Waals surface area contributed by atoms with Crippen molar-refractivity contribution in [1.29, 1.82) is 0 Å². The Balaban J connectivity index is 0.00000461. The van der Waals surface area contributed by atoms with Gasteiger partial charge in [0.1, 0.15) is 17.3 Å². The van der Waals surface area contributed by atoms with Crippen molar-refractivity contribution < 1.29 is 19.0 Å². The molecule has 0 aliphatic carbocycles. The van der Waals surface area contributed by atoms with Crippen LogP contribution in [0.25, 0.3) is 11.1 Å². The fourth-order valence-electron chi connectivity index (χ4n) is 6.32. The molecule has 11 heteroatoms. The van der Waals surface area contributed by atoms with Gasteiger partial charge in [0, 0.05) is 55.4 Å². The van der Waals surface area contributed by atoms with Crippen LogP contribution in [0.15, 0.2) is 54.6 Å². The van der Waals surface area contributed by atoms with E-state index in [1.54, 1.807) is 24.3 Å². The number of benzene rings is 3. The highest BCUT2D eigenvalue weighted by Gasteiger charge is 2.33. The first-order valence-corrected chi connectivity index (χ1v) is 16.2. The normalized spacial score (nSPS) is 17.1. The Kier molecular flexibility index (Phi) is 12.8. The van der Waals surface area contributed by atoms with Gasteiger partial charge in [0.15, 0.2) is 0 Å². The fraction of sp³-hybridized carbons (Fsp3) is 0.441. The number of nitrogens with two attached hydrogens (primary N) is 1. The van der Waals surface area contributed by atoms with Gasteiger partial charge in [-0.25, -0.2) is 4.39 Å². The van der Waals surface area contributed by atoms with E-state index in [1.807, 2.05) is 36.1 Å². The summed E-state index contributed by atoms with van der Waals surface area (Å²) >= 11 is 12.8. The molecule has 3 N–H and O–H groups in total. The van der Waals surface area contributed by atoms with Crippen molar-refractivity contribution in [1.82, 2.24) is 14.7 Å². The SMILES string of the molecule is CCOc1cccc(F)c1CN1CCN(C(=O)C(N)C2CCN(CCc3cc(Cl)ccc3-c3cccc(O)c3Cl)CC2)CC1.Cl. The van der Waals surface area contributed by atoms with E-state index in [1.165, 1.54) is 6.07 Å². The molecule has 3 aromatic rings. The summed E-state index contributed by atoms with van der Waals surface area (Å²) in [6.07, 6.45) is 2.50. The smallest absolute Gasteiger partial charge is 0.239 e. The zero-order valence-corrected chi connectivity index (χ0v) is 27.9. The van der Waals surface area contributed by atoms with Crippen molar-refractivity contribution in [3.63, 3.8) is 0 Å². The maximum atomic E-state index is 14.5. The molecule has 2 saturated heterocycles. The number of phenolic OH excluding ortho intramolecular Hbond substituents is 1. The van der Waals surface area contributed by atoms with E-state index in [0.717, 1.165) is 55.6 Å². The third kappa shape index (κ3) is 8.61. The number of carbonyl (C=O) groups is 1. The lowest BCUT2D eigenvalue weighted by atomic mass is 9.88. The summed E-state index contributed by atoms with van der Waals surface area (Å²) in [5.41, 5.74) is 9.93. The van der Waals surface area contributed by atoms with Crippen LogP contribution in [0.5, 0.6) is 11.5 Å². The molecule has 45 heavy (non-hydrogen) atoms. The number of carbonyl (C=O) groups excluding carboxylic acids is 1. The summed E-state index contributed by atoms with van der Waals surface area (Å²) < 4.78 is 20.2. The van der Waals surface area contributed by atoms with Crippen LogP contribution < -0.4 is 10.5 Å². The monoisotopic (exact) mass is 678 g/mol. The second-order valence-electron chi connectivity index (χ2n) is 11.6. The summed E-state index contributed by atoms with van der Waals surface area (Å²) in [4.78, 5) is 19.8. The number of hydrogen-bond acceptors (Lipinski definition) is 6. The molecule has 1 atom stereocenters. The zero-order chi connectivity index (χ0) is 31.2. The lowest BCUT2D eigenvalue weighted by molar-refractivity contribution is -0.136. The molecule has 2 aliphatic heterocycles. The highest BCUT2D eigenvalue weighted by Crippen LogP contribution is 2.37. The predicted octanol–water partition coefficient (Wildman–Crippen LogP) is 6.25. The van der Waals surface area contributed by atoms with Crippen LogP contribution in [0.1, 0.15) is 30.9 Å². The van der Waals surface area contributed by atoms with Crippen molar-refractivity contribution in [3.8, 4) is 22.6 Å². The van der Waals surface area contributed by atoms with Gasteiger partial charge in [0.2, 0.25) is 5.91 Å². The second kappa shape index (κ2) is 16.3. The van der Waals surface area contributed by atoms with Crippen molar-refractivity contribution in [2.24, 2.45) is 11.7 Å². The van der Waals surface area contributed by atoms with Crippen LogP contribution in [-0.4, -0.2) is 84.2 Å². The molecular formula is C34H42Cl3FN4O3. The Morgan fingerprint density at radius 2 is 1.71 bits per heavy atom. The van der Waals surface area contributed by atoms with E-state index in [4.69, 9.17) is 33.7 Å². The molecule has 0 spiro atoms. The van der Waals surface area contributed by atoms with Gasteiger partial charge in [0.25, 0.3) is 0 Å². The molecule has 2 fully saturated rings. The van der Waals surface area contributed by atoms with Gasteiger partial charge in [-0.3, -0.25) is 9.69 Å². The number of aromatic hydroxyl groups is 1. The molecule has 1 amide bonds. The third-order valence-electron chi connectivity index (χ3n) is 8.90. The average Bonchev–Trinajstić information content (AvgIpc) is 3.03. The first kappa shape index (κ1) is 35.3. The number of rotatable bonds is 10. The number of piperazine rings is 1. The van der Waals surface area contributed by atoms with E-state index in [9.17, 15) is 14.3 Å². The number of halogens is 4. The Bertz CT molecular complexity index is 1450. The third-order valence-corrected chi connectivity index (χ3v) is 9.53. The molecule has 1 unspecified atom stereocenters. The average molecular weight is 680 g/mol. The predicted molar refractivity (Wildman–Crippen MR) is 181 cm³/mol. The quantitative estimate of drug-likeness (QED) is 0.264. The molecule has 3 aromatic carbocycles. The van der Waals surface area contributed by atoms with Crippen LogP contribution in [0.2, 0.25) is 10.0 Å². The minimum Gasteiger partial charge on any atom is -0.506 e. The number of phenols is 1. The summed E-state index contributed by atoms with van der Waals surface area (Å²) in [7, 11) is 0. The van der Waals surface area contributed by atoms with Crippen LogP contribution in [0.3, 0.4) is 0 Å². The van der Waals surface area contributed by atoms with Gasteiger partial charge in [0.05, 0.1) is 17.7 Å². The van der Waals surface area contributed by atoms with Crippen LogP contribution in [-0.2, 0) is 17.8 Å².